The van der Waals surface area contributed by atoms with Gasteiger partial charge in [-0.25, -0.2) is 0 Å². The molecule has 0 aromatic carbocycles. The van der Waals surface area contributed by atoms with E-state index in [0.29, 0.717) is 0 Å². The molecule has 0 fully saturated rings. The van der Waals surface area contributed by atoms with Crippen molar-refractivity contribution in [1.29, 1.82) is 0 Å². The molecule has 88 valence electrons. The van der Waals surface area contributed by atoms with E-state index in [4.69, 9.17) is 5.73 Å². The van der Waals surface area contributed by atoms with Crippen LogP contribution >= 0.6 is 22.7 Å². The van der Waals surface area contributed by atoms with Crippen molar-refractivity contribution < 1.29 is 0 Å². The molecule has 0 aliphatic rings. The van der Waals surface area contributed by atoms with Crippen LogP contribution in [-0.2, 0) is 0 Å². The standard InChI is InChI=1S/C10H11N5S2/c1-4-5(2)16-8(11)7(4)9-14-15-6(3)12-13-10(15)17-9/h11H2,1-3H3. The van der Waals surface area contributed by atoms with Gasteiger partial charge < -0.3 is 5.73 Å². The van der Waals surface area contributed by atoms with E-state index in [2.05, 4.69) is 29.1 Å². The first-order chi connectivity index (χ1) is 8.08. The van der Waals surface area contributed by atoms with Gasteiger partial charge in [0.1, 0.15) is 0 Å². The SMILES string of the molecule is Cc1sc(N)c(-c2nn3c(C)nnc3s2)c1C. The minimum atomic E-state index is 0.797. The zero-order valence-corrected chi connectivity index (χ0v) is 11.3. The topological polar surface area (TPSA) is 69.1 Å². The molecule has 5 nitrogen and oxygen atoms in total. The second-order valence-corrected chi connectivity index (χ2v) is 6.08. The number of nitrogens with zero attached hydrogens (tertiary/aromatic N) is 4. The first-order valence-electron chi connectivity index (χ1n) is 5.12. The number of anilines is 1. The molecule has 0 spiro atoms. The first kappa shape index (κ1) is 10.7. The fourth-order valence-electron chi connectivity index (χ4n) is 1.73. The molecule has 0 unspecified atom stereocenters. The normalized spacial score (nSPS) is 11.5. The van der Waals surface area contributed by atoms with Gasteiger partial charge in [0.2, 0.25) is 4.96 Å². The number of thiophene rings is 1. The Labute approximate surface area is 106 Å². The maximum Gasteiger partial charge on any atom is 0.234 e. The monoisotopic (exact) mass is 265 g/mol. The lowest BCUT2D eigenvalue weighted by molar-refractivity contribution is 0.897. The number of hydrogen-bond acceptors (Lipinski definition) is 6. The van der Waals surface area contributed by atoms with Gasteiger partial charge in [0.15, 0.2) is 10.8 Å². The smallest absolute Gasteiger partial charge is 0.234 e. The molecule has 3 aromatic heterocycles. The molecule has 0 bridgehead atoms. The van der Waals surface area contributed by atoms with Gasteiger partial charge in [-0.1, -0.05) is 11.3 Å². The molecular weight excluding hydrogens is 254 g/mol. The van der Waals surface area contributed by atoms with E-state index in [9.17, 15) is 0 Å². The summed E-state index contributed by atoms with van der Waals surface area (Å²) in [6.45, 7) is 6.04. The largest absolute Gasteiger partial charge is 0.390 e. The minimum Gasteiger partial charge on any atom is -0.390 e. The van der Waals surface area contributed by atoms with Crippen molar-refractivity contribution in [3.05, 3.63) is 16.3 Å². The molecule has 0 aliphatic carbocycles. The number of aryl methyl sites for hydroxylation is 2. The Balaban J connectivity index is 2.26. The summed E-state index contributed by atoms with van der Waals surface area (Å²) in [7, 11) is 0. The third kappa shape index (κ3) is 1.46. The van der Waals surface area contributed by atoms with Crippen LogP contribution < -0.4 is 5.73 Å². The summed E-state index contributed by atoms with van der Waals surface area (Å²) in [6.07, 6.45) is 0. The van der Waals surface area contributed by atoms with Crippen LogP contribution in [0.4, 0.5) is 5.00 Å². The summed E-state index contributed by atoms with van der Waals surface area (Å²) >= 11 is 3.12. The summed E-state index contributed by atoms with van der Waals surface area (Å²) in [5.41, 5.74) is 8.29. The Bertz CT molecular complexity index is 706. The molecule has 3 rings (SSSR count). The van der Waals surface area contributed by atoms with Crippen LogP contribution in [0.15, 0.2) is 0 Å². The highest BCUT2D eigenvalue weighted by atomic mass is 32.1. The van der Waals surface area contributed by atoms with E-state index in [0.717, 1.165) is 26.4 Å². The number of rotatable bonds is 1. The van der Waals surface area contributed by atoms with Crippen molar-refractivity contribution in [2.75, 3.05) is 5.73 Å². The molecule has 7 heteroatoms. The lowest BCUT2D eigenvalue weighted by Gasteiger charge is -1.96. The number of hydrogen-bond donors (Lipinski definition) is 1. The van der Waals surface area contributed by atoms with Crippen molar-refractivity contribution in [2.24, 2.45) is 0 Å². The minimum absolute atomic E-state index is 0.797. The average molecular weight is 265 g/mol. The number of nitrogens with two attached hydrogens (primary N) is 1. The summed E-state index contributed by atoms with van der Waals surface area (Å²) < 4.78 is 1.76. The molecule has 0 atom stereocenters. The van der Waals surface area contributed by atoms with Crippen LogP contribution in [0.2, 0.25) is 0 Å². The molecule has 17 heavy (non-hydrogen) atoms. The fraction of sp³-hybridized carbons (Fsp3) is 0.300. The molecule has 0 amide bonds. The Kier molecular flexibility index (Phi) is 2.20. The third-order valence-electron chi connectivity index (χ3n) is 2.77. The van der Waals surface area contributed by atoms with Crippen LogP contribution in [0.25, 0.3) is 15.5 Å². The summed E-state index contributed by atoms with van der Waals surface area (Å²) in [5, 5.41) is 14.3. The average Bonchev–Trinajstić information content (AvgIpc) is 2.87. The van der Waals surface area contributed by atoms with Gasteiger partial charge in [-0.05, 0) is 26.3 Å². The third-order valence-corrected chi connectivity index (χ3v) is 4.73. The maximum absolute atomic E-state index is 6.04. The van der Waals surface area contributed by atoms with Gasteiger partial charge in [-0.2, -0.15) is 9.61 Å². The second-order valence-electron chi connectivity index (χ2n) is 3.87. The first-order valence-corrected chi connectivity index (χ1v) is 6.76. The van der Waals surface area contributed by atoms with Crippen LogP contribution in [0, 0.1) is 20.8 Å². The zero-order valence-electron chi connectivity index (χ0n) is 9.68. The molecule has 0 saturated heterocycles. The Hall–Kier alpha value is -1.47. The molecule has 3 heterocycles. The Morgan fingerprint density at radius 3 is 2.47 bits per heavy atom. The van der Waals surface area contributed by atoms with E-state index in [1.54, 1.807) is 15.9 Å². The van der Waals surface area contributed by atoms with Crippen LogP contribution in [-0.4, -0.2) is 19.8 Å². The highest BCUT2D eigenvalue weighted by Gasteiger charge is 2.17. The second kappa shape index (κ2) is 3.51. The molecule has 0 aliphatic heterocycles. The quantitative estimate of drug-likeness (QED) is 0.733. The maximum atomic E-state index is 6.04. The van der Waals surface area contributed by atoms with Crippen molar-refractivity contribution in [3.8, 4) is 10.6 Å². The molecular formula is C10H11N5S2. The van der Waals surface area contributed by atoms with Gasteiger partial charge in [-0.3, -0.25) is 0 Å². The van der Waals surface area contributed by atoms with Crippen LogP contribution in [0.5, 0.6) is 0 Å². The van der Waals surface area contributed by atoms with Gasteiger partial charge in [0.05, 0.1) is 5.00 Å². The van der Waals surface area contributed by atoms with E-state index in [-0.39, 0.29) is 0 Å². The predicted octanol–water partition coefficient (Wildman–Crippen LogP) is 2.42. The van der Waals surface area contributed by atoms with E-state index in [1.165, 1.54) is 21.8 Å². The van der Waals surface area contributed by atoms with Crippen molar-refractivity contribution in [2.45, 2.75) is 20.8 Å². The van der Waals surface area contributed by atoms with Crippen molar-refractivity contribution in [3.63, 3.8) is 0 Å². The van der Waals surface area contributed by atoms with Crippen molar-refractivity contribution >= 4 is 32.6 Å². The van der Waals surface area contributed by atoms with Gasteiger partial charge in [-0.15, -0.1) is 21.5 Å². The van der Waals surface area contributed by atoms with Crippen LogP contribution in [0.1, 0.15) is 16.3 Å². The van der Waals surface area contributed by atoms with Crippen LogP contribution in [0.3, 0.4) is 0 Å². The zero-order chi connectivity index (χ0) is 12.2. The summed E-state index contributed by atoms with van der Waals surface area (Å²) in [4.78, 5) is 2.04. The molecule has 0 saturated carbocycles. The predicted molar refractivity (Wildman–Crippen MR) is 70.6 cm³/mol. The summed E-state index contributed by atoms with van der Waals surface area (Å²) in [5.74, 6) is 0.797. The van der Waals surface area contributed by atoms with Crippen molar-refractivity contribution in [1.82, 2.24) is 19.8 Å². The summed E-state index contributed by atoms with van der Waals surface area (Å²) in [6, 6.07) is 0. The number of fused-ring (bicyclic) bond motifs is 1. The molecule has 3 aromatic rings. The van der Waals surface area contributed by atoms with E-state index >= 15 is 0 Å². The molecule has 0 radical (unpaired) electrons. The molecule has 2 N–H and O–H groups in total. The fourth-order valence-corrected chi connectivity index (χ4v) is 3.74. The lowest BCUT2D eigenvalue weighted by Crippen LogP contribution is -1.90. The van der Waals surface area contributed by atoms with E-state index in [1.807, 2.05) is 6.92 Å². The lowest BCUT2D eigenvalue weighted by atomic mass is 10.2. The van der Waals surface area contributed by atoms with Gasteiger partial charge in [0.25, 0.3) is 0 Å². The van der Waals surface area contributed by atoms with Gasteiger partial charge in [0, 0.05) is 10.4 Å². The highest BCUT2D eigenvalue weighted by Crippen LogP contribution is 2.39. The Morgan fingerprint density at radius 2 is 1.88 bits per heavy atom. The van der Waals surface area contributed by atoms with Gasteiger partial charge >= 0.3 is 0 Å². The number of nitrogen functional groups attached to an aromatic ring is 1. The number of aromatic nitrogens is 4. The highest BCUT2D eigenvalue weighted by molar-refractivity contribution is 7.21. The van der Waals surface area contributed by atoms with E-state index < -0.39 is 0 Å². The Morgan fingerprint density at radius 1 is 1.12 bits per heavy atom.